The molecule has 5 N–H and O–H groups in total. The number of fused-ring (bicyclic) bond motifs is 1. The molecule has 1 aliphatic heterocycles. The molecule has 7 atom stereocenters. The van der Waals surface area contributed by atoms with Gasteiger partial charge in [-0.3, -0.25) is 28.8 Å². The van der Waals surface area contributed by atoms with Gasteiger partial charge in [-0.1, -0.05) is 73.6 Å². The van der Waals surface area contributed by atoms with E-state index in [-0.39, 0.29) is 86.6 Å². The summed E-state index contributed by atoms with van der Waals surface area (Å²) in [5.74, 6) is -5.47. The topological polar surface area (TPSA) is 247 Å². The molecular formula is C51H77N9O9. The van der Waals surface area contributed by atoms with Crippen molar-refractivity contribution in [1.29, 1.82) is 10.7 Å². The molecule has 69 heavy (non-hydrogen) atoms. The number of amides is 6. The number of carbonyl (C=O) groups is 7. The first-order valence-corrected chi connectivity index (χ1v) is 24.1. The van der Waals surface area contributed by atoms with Gasteiger partial charge in [-0.15, -0.1) is 0 Å². The number of nitrogens with one attached hydrogen (secondary N) is 4. The number of benzene rings is 1. The smallest absolute Gasteiger partial charge is 0.329 e. The van der Waals surface area contributed by atoms with Gasteiger partial charge in [0.2, 0.25) is 29.5 Å². The van der Waals surface area contributed by atoms with Gasteiger partial charge in [0.05, 0.1) is 24.1 Å². The van der Waals surface area contributed by atoms with E-state index in [0.29, 0.717) is 5.56 Å². The maximum Gasteiger partial charge on any atom is 0.329 e. The van der Waals surface area contributed by atoms with Crippen LogP contribution >= 0.6 is 0 Å². The molecule has 380 valence electrons. The zero-order valence-electron chi connectivity index (χ0n) is 42.9. The molecule has 6 amide bonds. The number of cyclic esters (lactones) is 1. The Morgan fingerprint density at radius 1 is 0.739 bits per heavy atom. The second kappa shape index (κ2) is 25.9. The summed E-state index contributed by atoms with van der Waals surface area (Å²) < 4.78 is 7.54. The molecular weight excluding hydrogens is 883 g/mol. The summed E-state index contributed by atoms with van der Waals surface area (Å²) in [6.07, 6.45) is 1.80. The lowest BCUT2D eigenvalue weighted by atomic mass is 9.96. The Morgan fingerprint density at radius 2 is 1.20 bits per heavy atom. The van der Waals surface area contributed by atoms with Crippen molar-refractivity contribution in [2.45, 2.75) is 163 Å². The van der Waals surface area contributed by atoms with Gasteiger partial charge in [0.15, 0.2) is 6.10 Å². The minimum atomic E-state index is -1.52. The molecule has 0 unspecified atom stereocenters. The van der Waals surface area contributed by atoms with Crippen LogP contribution in [0, 0.1) is 40.4 Å². The number of esters is 1. The van der Waals surface area contributed by atoms with E-state index in [9.17, 15) is 34.3 Å². The van der Waals surface area contributed by atoms with E-state index in [0.717, 1.165) is 15.8 Å². The van der Waals surface area contributed by atoms with E-state index < -0.39 is 83.8 Å². The van der Waals surface area contributed by atoms with E-state index in [1.807, 2.05) is 90.3 Å². The molecule has 0 saturated carbocycles. The largest absolute Gasteiger partial charge is 0.513 e. The van der Waals surface area contributed by atoms with Crippen LogP contribution in [0.3, 0.4) is 0 Å². The molecule has 3 rings (SSSR count). The number of likely N-dealkylation sites (N-methyl/N-ethyl adjacent to an activating group) is 3. The Labute approximate surface area is 408 Å². The molecule has 1 aromatic heterocycles. The van der Waals surface area contributed by atoms with Crippen molar-refractivity contribution in [1.82, 2.24) is 35.2 Å². The standard InChI is InChI=1S/C51H77N9O9/c1-29(2)21-38-48(65)57(11)34(10)51(68)69-44(19-16-20-52)47(64)56-40(23-31(5)6)50(67)58(12)42(24-32(7)8)45(62)55-39(22-30(3)4)49(66)59(13)43(46(63)54-38)26-35-27-60(28-36(53)25-33(9)61)41-18-15-14-17-37(35)41/h14-15,17-18,25,27,29-32,34,38-40,42-44,53,61H,16,19,21-24,26,28H2,1-13H3,(H,54,63)(H,55,62)(H,56,64)/b33-25-,53-36?/t34-,38-,39-,40-,42-,43-,44+/m0/s1. The zero-order valence-corrected chi connectivity index (χ0v) is 42.9. The lowest BCUT2D eigenvalue weighted by molar-refractivity contribution is -0.163. The molecule has 2 aromatic rings. The number of allylic oxidation sites excluding steroid dienone is 2. The Morgan fingerprint density at radius 3 is 1.70 bits per heavy atom. The first-order chi connectivity index (χ1) is 32.3. The molecule has 0 bridgehead atoms. The van der Waals surface area contributed by atoms with Crippen molar-refractivity contribution in [2.24, 2.45) is 23.7 Å². The Kier molecular flexibility index (Phi) is 21.4. The highest BCUT2D eigenvalue weighted by atomic mass is 16.5. The highest BCUT2D eigenvalue weighted by Crippen LogP contribution is 2.26. The fraction of sp³-hybridized carbons (Fsp3) is 0.627. The van der Waals surface area contributed by atoms with Gasteiger partial charge in [-0.05, 0) is 80.9 Å². The normalized spacial score (nSPS) is 23.6. The highest BCUT2D eigenvalue weighted by molar-refractivity contribution is 5.98. The molecule has 18 nitrogen and oxygen atoms in total. The molecule has 2 heterocycles. The first kappa shape index (κ1) is 57.1. The fourth-order valence-corrected chi connectivity index (χ4v) is 8.55. The van der Waals surface area contributed by atoms with Crippen molar-refractivity contribution in [3.63, 3.8) is 0 Å². The maximum absolute atomic E-state index is 15.0. The number of hydrogen-bond acceptors (Lipinski definition) is 11. The molecule has 0 spiro atoms. The molecule has 1 fully saturated rings. The highest BCUT2D eigenvalue weighted by Gasteiger charge is 2.40. The monoisotopic (exact) mass is 960 g/mol. The first-order valence-electron chi connectivity index (χ1n) is 24.1. The van der Waals surface area contributed by atoms with Crippen LogP contribution in [0.4, 0.5) is 0 Å². The van der Waals surface area contributed by atoms with E-state index >= 15 is 9.59 Å². The molecule has 0 radical (unpaired) electrons. The van der Waals surface area contributed by atoms with Crippen LogP contribution < -0.4 is 16.0 Å². The quantitative estimate of drug-likeness (QED) is 0.0905. The Balaban J connectivity index is 2.33. The molecule has 1 saturated heterocycles. The van der Waals surface area contributed by atoms with Crippen molar-refractivity contribution in [3.8, 4) is 6.07 Å². The number of aliphatic hydroxyl groups is 1. The summed E-state index contributed by atoms with van der Waals surface area (Å²) in [5.41, 5.74) is 1.49. The SMILES string of the molecule is C/C(O)=C/C(=N)Cn1cc(C[C@H]2C(=O)N[C@@H](CC(C)C)C(=O)N(C)[C@@H](C)C(=O)O[C@H](CCC#N)C(=O)N[C@@H](CC(C)C)C(=O)N(C)[C@@H](CC(C)C)C(=O)N[C@@H](CC(C)C)C(=O)N2C)c2ccccc21. The average Bonchev–Trinajstić information content (AvgIpc) is 3.60. The summed E-state index contributed by atoms with van der Waals surface area (Å²) in [5, 5.41) is 37.2. The number of nitriles is 1. The number of carbonyl (C=O) groups excluding carboxylic acids is 7. The number of hydrogen-bond donors (Lipinski definition) is 5. The van der Waals surface area contributed by atoms with Gasteiger partial charge >= 0.3 is 5.97 Å². The van der Waals surface area contributed by atoms with Crippen LogP contribution in [0.25, 0.3) is 10.9 Å². The van der Waals surface area contributed by atoms with E-state index in [4.69, 9.17) is 10.1 Å². The number of para-hydroxylation sites is 1. The van der Waals surface area contributed by atoms with E-state index in [1.165, 1.54) is 50.9 Å². The van der Waals surface area contributed by atoms with E-state index in [2.05, 4.69) is 16.0 Å². The van der Waals surface area contributed by atoms with Crippen LogP contribution in [0.1, 0.15) is 113 Å². The van der Waals surface area contributed by atoms with Crippen LogP contribution in [0.2, 0.25) is 0 Å². The summed E-state index contributed by atoms with van der Waals surface area (Å²) in [6, 6.07) is 2.13. The van der Waals surface area contributed by atoms with Gasteiger partial charge in [0.25, 0.3) is 5.91 Å². The third-order valence-corrected chi connectivity index (χ3v) is 12.2. The van der Waals surface area contributed by atoms with Crippen LogP contribution in [-0.4, -0.2) is 135 Å². The molecule has 0 aliphatic carbocycles. The van der Waals surface area contributed by atoms with Crippen molar-refractivity contribution >= 4 is 58.0 Å². The third-order valence-electron chi connectivity index (χ3n) is 12.2. The number of rotatable bonds is 15. The van der Waals surface area contributed by atoms with Crippen molar-refractivity contribution in [3.05, 3.63) is 47.9 Å². The predicted octanol–water partition coefficient (Wildman–Crippen LogP) is 5.03. The van der Waals surface area contributed by atoms with Gasteiger partial charge in [-0.25, -0.2) is 4.79 Å². The number of aliphatic hydroxyl groups excluding tert-OH is 1. The van der Waals surface area contributed by atoms with Crippen molar-refractivity contribution < 1.29 is 43.4 Å². The third kappa shape index (κ3) is 16.2. The predicted molar refractivity (Wildman–Crippen MR) is 263 cm³/mol. The number of nitrogens with zero attached hydrogens (tertiary/aromatic N) is 5. The molecule has 18 heteroatoms. The van der Waals surface area contributed by atoms with Crippen LogP contribution in [0.15, 0.2) is 42.3 Å². The van der Waals surface area contributed by atoms with Crippen LogP contribution in [0.5, 0.6) is 0 Å². The average molecular weight is 960 g/mol. The molecule has 1 aliphatic rings. The lowest BCUT2D eigenvalue weighted by Crippen LogP contribution is -2.60. The summed E-state index contributed by atoms with van der Waals surface area (Å²) in [7, 11) is 4.31. The van der Waals surface area contributed by atoms with Crippen LogP contribution in [-0.2, 0) is 51.3 Å². The summed E-state index contributed by atoms with van der Waals surface area (Å²) in [6.45, 7) is 18.0. The second-order valence-electron chi connectivity index (χ2n) is 20.2. The van der Waals surface area contributed by atoms with E-state index in [1.54, 1.807) is 6.20 Å². The molecule has 1 aromatic carbocycles. The Bertz CT molecular complexity index is 2240. The fourth-order valence-electron chi connectivity index (χ4n) is 8.55. The Hall–Kier alpha value is -6.25. The van der Waals surface area contributed by atoms with Gasteiger partial charge in [-0.2, -0.15) is 5.26 Å². The number of aromatic nitrogens is 1. The minimum absolute atomic E-state index is 0.0336. The summed E-state index contributed by atoms with van der Waals surface area (Å²) >= 11 is 0. The maximum atomic E-state index is 15.0. The lowest BCUT2D eigenvalue weighted by Gasteiger charge is -2.35. The minimum Gasteiger partial charge on any atom is -0.513 e. The van der Waals surface area contributed by atoms with Crippen molar-refractivity contribution in [2.75, 3.05) is 21.1 Å². The van der Waals surface area contributed by atoms with Gasteiger partial charge in [0, 0.05) is 57.5 Å². The van der Waals surface area contributed by atoms with Gasteiger partial charge < -0.3 is 50.5 Å². The number of ether oxygens (including phenoxy) is 1. The van der Waals surface area contributed by atoms with Gasteiger partial charge in [0.1, 0.15) is 36.3 Å². The zero-order chi connectivity index (χ0) is 52.0. The second-order valence-corrected chi connectivity index (χ2v) is 20.2. The summed E-state index contributed by atoms with van der Waals surface area (Å²) in [4.78, 5) is 105.